The molecule has 0 saturated heterocycles. The van der Waals surface area contributed by atoms with Gasteiger partial charge in [0.05, 0.1) is 5.52 Å². The van der Waals surface area contributed by atoms with Gasteiger partial charge in [-0.1, -0.05) is 194 Å². The predicted octanol–water partition coefficient (Wildman–Crippen LogP) is 18.2. The molecule has 2 heteroatoms. The zero-order valence-corrected chi connectivity index (χ0v) is 38.1. The van der Waals surface area contributed by atoms with E-state index in [4.69, 9.17) is 4.98 Å². The average Bonchev–Trinajstić information content (AvgIpc) is 3.77. The maximum absolute atomic E-state index is 4.84. The fourth-order valence-corrected chi connectivity index (χ4v) is 10.7. The van der Waals surface area contributed by atoms with Crippen LogP contribution in [0.2, 0.25) is 0 Å². The molecule has 13 rings (SSSR count). The van der Waals surface area contributed by atoms with E-state index in [2.05, 4.69) is 247 Å². The second-order valence-corrected chi connectivity index (χ2v) is 18.2. The first-order valence-electron chi connectivity index (χ1n) is 24.0. The molecule has 0 spiro atoms. The molecule has 324 valence electrons. The molecule has 0 saturated carbocycles. The quantitative estimate of drug-likeness (QED) is 0.139. The second kappa shape index (κ2) is 17.1. The molecule has 10 aromatic carbocycles. The van der Waals surface area contributed by atoms with Crippen LogP contribution in [0.25, 0.3) is 122 Å². The first-order valence-corrected chi connectivity index (χ1v) is 24.0. The maximum atomic E-state index is 4.84. The first kappa shape index (κ1) is 40.4. The SMILES string of the molecule is C1=CC(c2ccc(-c3ccc(-c4c5ccccc5c(-c5ccccc5)c5cc(-c6cccc(-c7cccc(-c8ccc9c(c8)c8cccnc8n9-c8ccccc8)c7)c6)ccc45)cc3)cc2)=CCC1. The van der Waals surface area contributed by atoms with Crippen LogP contribution >= 0.6 is 0 Å². The summed E-state index contributed by atoms with van der Waals surface area (Å²) in [6, 6.07) is 84.7. The lowest BCUT2D eigenvalue weighted by atomic mass is 9.84. The lowest BCUT2D eigenvalue weighted by molar-refractivity contribution is 1.04. The minimum Gasteiger partial charge on any atom is -0.294 e. The van der Waals surface area contributed by atoms with E-state index in [1.807, 2.05) is 12.3 Å². The Hall–Kier alpha value is -8.85. The Labute approximate surface area is 402 Å². The molecule has 2 heterocycles. The number of pyridine rings is 1. The summed E-state index contributed by atoms with van der Waals surface area (Å²) in [4.78, 5) is 4.84. The van der Waals surface area contributed by atoms with Gasteiger partial charge in [-0.15, -0.1) is 0 Å². The van der Waals surface area contributed by atoms with Crippen LogP contribution < -0.4 is 0 Å². The van der Waals surface area contributed by atoms with Crippen molar-refractivity contribution in [2.75, 3.05) is 0 Å². The molecule has 0 bridgehead atoms. The number of hydrogen-bond acceptors (Lipinski definition) is 1. The van der Waals surface area contributed by atoms with Crippen molar-refractivity contribution in [3.8, 4) is 72.4 Å². The van der Waals surface area contributed by atoms with Crippen LogP contribution in [0.4, 0.5) is 0 Å². The van der Waals surface area contributed by atoms with E-state index in [1.54, 1.807) is 0 Å². The summed E-state index contributed by atoms with van der Waals surface area (Å²) in [5.41, 5.74) is 20.3. The second-order valence-electron chi connectivity index (χ2n) is 18.2. The smallest absolute Gasteiger partial charge is 0.145 e. The zero-order valence-electron chi connectivity index (χ0n) is 38.1. The monoisotopic (exact) mass is 878 g/mol. The summed E-state index contributed by atoms with van der Waals surface area (Å²) in [7, 11) is 0. The van der Waals surface area contributed by atoms with E-state index in [0.717, 1.165) is 35.1 Å². The van der Waals surface area contributed by atoms with Crippen molar-refractivity contribution in [2.45, 2.75) is 12.8 Å². The van der Waals surface area contributed by atoms with Crippen LogP contribution in [0.1, 0.15) is 18.4 Å². The Morgan fingerprint density at radius 1 is 0.319 bits per heavy atom. The van der Waals surface area contributed by atoms with E-state index >= 15 is 0 Å². The number of hydrogen-bond donors (Lipinski definition) is 0. The van der Waals surface area contributed by atoms with Crippen LogP contribution in [0.5, 0.6) is 0 Å². The van der Waals surface area contributed by atoms with Gasteiger partial charge in [-0.2, -0.15) is 0 Å². The van der Waals surface area contributed by atoms with Gasteiger partial charge in [0.2, 0.25) is 0 Å². The number of allylic oxidation sites excluding steroid dienone is 4. The summed E-state index contributed by atoms with van der Waals surface area (Å²) in [5, 5.41) is 7.32. The highest BCUT2D eigenvalue weighted by atomic mass is 15.0. The molecule has 1 aliphatic carbocycles. The Kier molecular flexibility index (Phi) is 10.0. The lowest BCUT2D eigenvalue weighted by Gasteiger charge is -2.19. The molecular weight excluding hydrogens is 833 g/mol. The number of nitrogens with zero attached hydrogens (tertiary/aromatic N) is 2. The number of benzene rings is 10. The van der Waals surface area contributed by atoms with Gasteiger partial charge >= 0.3 is 0 Å². The van der Waals surface area contributed by atoms with Crippen molar-refractivity contribution >= 4 is 49.1 Å². The van der Waals surface area contributed by atoms with Gasteiger partial charge in [0, 0.05) is 22.7 Å². The number of aromatic nitrogens is 2. The minimum absolute atomic E-state index is 0.965. The molecule has 0 N–H and O–H groups in total. The van der Waals surface area contributed by atoms with Crippen molar-refractivity contribution in [1.29, 1.82) is 0 Å². The number of para-hydroxylation sites is 1. The molecule has 69 heavy (non-hydrogen) atoms. The summed E-state index contributed by atoms with van der Waals surface area (Å²) in [6.45, 7) is 0. The number of fused-ring (bicyclic) bond motifs is 5. The Morgan fingerprint density at radius 2 is 0.797 bits per heavy atom. The largest absolute Gasteiger partial charge is 0.294 e. The summed E-state index contributed by atoms with van der Waals surface area (Å²) in [6.07, 6.45) is 11.0. The summed E-state index contributed by atoms with van der Waals surface area (Å²) >= 11 is 0. The van der Waals surface area contributed by atoms with Gasteiger partial charge in [0.1, 0.15) is 5.65 Å². The average molecular weight is 879 g/mol. The van der Waals surface area contributed by atoms with Crippen molar-refractivity contribution in [1.82, 2.24) is 9.55 Å². The third kappa shape index (κ3) is 7.26. The molecule has 0 atom stereocenters. The minimum atomic E-state index is 0.965. The molecule has 0 radical (unpaired) electrons. The molecule has 1 aliphatic rings. The van der Waals surface area contributed by atoms with E-state index in [0.29, 0.717) is 0 Å². The highest BCUT2D eigenvalue weighted by molar-refractivity contribution is 6.22. The normalized spacial score (nSPS) is 12.6. The maximum Gasteiger partial charge on any atom is 0.145 e. The number of rotatable bonds is 8. The van der Waals surface area contributed by atoms with Crippen molar-refractivity contribution < 1.29 is 0 Å². The highest BCUT2D eigenvalue weighted by Gasteiger charge is 2.19. The van der Waals surface area contributed by atoms with Gasteiger partial charge < -0.3 is 0 Å². The Morgan fingerprint density at radius 3 is 1.43 bits per heavy atom. The fourth-order valence-electron chi connectivity index (χ4n) is 10.7. The van der Waals surface area contributed by atoms with Crippen LogP contribution in [-0.2, 0) is 0 Å². The van der Waals surface area contributed by atoms with E-state index < -0.39 is 0 Å². The molecular formula is C67H46N2. The lowest BCUT2D eigenvalue weighted by Crippen LogP contribution is -1.94. The first-order chi connectivity index (χ1) is 34.2. The van der Waals surface area contributed by atoms with E-state index in [1.165, 1.54) is 105 Å². The van der Waals surface area contributed by atoms with Crippen molar-refractivity contribution in [2.24, 2.45) is 0 Å². The predicted molar refractivity (Wildman–Crippen MR) is 293 cm³/mol. The van der Waals surface area contributed by atoms with Crippen LogP contribution in [0, 0.1) is 0 Å². The molecule has 0 aliphatic heterocycles. The molecule has 2 nitrogen and oxygen atoms in total. The topological polar surface area (TPSA) is 17.8 Å². The van der Waals surface area contributed by atoms with Gasteiger partial charge in [-0.3, -0.25) is 4.57 Å². The Bertz CT molecular complexity index is 3970. The van der Waals surface area contributed by atoms with Crippen molar-refractivity contribution in [3.63, 3.8) is 0 Å². The molecule has 2 aromatic heterocycles. The fraction of sp³-hybridized carbons (Fsp3) is 0.0299. The van der Waals surface area contributed by atoms with Gasteiger partial charge in [0.25, 0.3) is 0 Å². The van der Waals surface area contributed by atoms with Crippen LogP contribution in [0.15, 0.2) is 255 Å². The van der Waals surface area contributed by atoms with E-state index in [9.17, 15) is 0 Å². The van der Waals surface area contributed by atoms with Crippen molar-refractivity contribution in [3.05, 3.63) is 261 Å². The third-order valence-corrected chi connectivity index (χ3v) is 14.1. The molecule has 0 fully saturated rings. The van der Waals surface area contributed by atoms with Gasteiger partial charge in [-0.05, 0) is 167 Å². The summed E-state index contributed by atoms with van der Waals surface area (Å²) < 4.78 is 2.26. The molecule has 0 unspecified atom stereocenters. The van der Waals surface area contributed by atoms with Gasteiger partial charge in [-0.25, -0.2) is 4.98 Å². The van der Waals surface area contributed by atoms with E-state index in [-0.39, 0.29) is 0 Å². The standard InChI is InChI=1S/C67H46N2/c1-4-15-45(16-5-1)46-28-30-47(31-29-46)48-32-34-50(35-33-48)65-58-25-10-11-26-59(58)66(49-17-6-2-7-18-49)63-44-55(36-38-60(63)65)53-21-12-19-51(41-53)52-20-13-22-54(42-52)56-37-39-64-62(43-56)61-27-14-40-68-67(61)69(64)57-23-8-3-9-24-57/h2-4,6-44H,1,5H2. The highest BCUT2D eigenvalue weighted by Crippen LogP contribution is 2.46. The zero-order chi connectivity index (χ0) is 45.7. The molecule has 0 amide bonds. The third-order valence-electron chi connectivity index (χ3n) is 14.1. The molecule has 12 aromatic rings. The van der Waals surface area contributed by atoms with Gasteiger partial charge in [0.15, 0.2) is 0 Å². The summed E-state index contributed by atoms with van der Waals surface area (Å²) in [5.74, 6) is 0. The van der Waals surface area contributed by atoms with Crippen LogP contribution in [-0.4, -0.2) is 9.55 Å². The van der Waals surface area contributed by atoms with Crippen LogP contribution in [0.3, 0.4) is 0 Å². The Balaban J connectivity index is 0.888.